The second-order valence-corrected chi connectivity index (χ2v) is 10.6. The summed E-state index contributed by atoms with van der Waals surface area (Å²) in [6.45, 7) is 4.78. The summed E-state index contributed by atoms with van der Waals surface area (Å²) in [5.41, 5.74) is 0.134. The van der Waals surface area contributed by atoms with Crippen LogP contribution in [0.1, 0.15) is 88.7 Å². The van der Waals surface area contributed by atoms with Crippen molar-refractivity contribution >= 4 is 0 Å². The van der Waals surface area contributed by atoms with Gasteiger partial charge in [-0.05, 0) is 93.6 Å². The van der Waals surface area contributed by atoms with Crippen LogP contribution in [0.25, 0.3) is 11.1 Å². The maximum Gasteiger partial charge on any atom is 0.167 e. The zero-order chi connectivity index (χ0) is 25.7. The average molecular weight is 503 g/mol. The topological polar surface area (TPSA) is 9.23 Å². The predicted molar refractivity (Wildman–Crippen MR) is 137 cm³/mol. The van der Waals surface area contributed by atoms with E-state index in [0.717, 1.165) is 51.4 Å². The van der Waals surface area contributed by atoms with Crippen LogP contribution in [0, 0.1) is 35.1 Å². The zero-order valence-electron chi connectivity index (χ0n) is 21.5. The van der Waals surface area contributed by atoms with Crippen molar-refractivity contribution in [3.63, 3.8) is 0 Å². The van der Waals surface area contributed by atoms with Crippen LogP contribution in [0.5, 0.6) is 0 Å². The molecule has 1 aliphatic carbocycles. The molecule has 196 valence electrons. The molecule has 2 fully saturated rings. The van der Waals surface area contributed by atoms with E-state index in [1.807, 2.05) is 13.0 Å². The number of halogens is 4. The van der Waals surface area contributed by atoms with Crippen molar-refractivity contribution in [1.29, 1.82) is 0 Å². The van der Waals surface area contributed by atoms with Crippen LogP contribution in [0.2, 0.25) is 0 Å². The fraction of sp³-hybridized carbons (Fsp3) is 0.548. The van der Waals surface area contributed by atoms with Gasteiger partial charge in [-0.1, -0.05) is 49.8 Å². The van der Waals surface area contributed by atoms with Gasteiger partial charge < -0.3 is 4.74 Å². The molecule has 2 aromatic carbocycles. The first-order valence-electron chi connectivity index (χ1n) is 13.6. The fourth-order valence-corrected chi connectivity index (χ4v) is 5.97. The van der Waals surface area contributed by atoms with Gasteiger partial charge in [0.2, 0.25) is 0 Å². The van der Waals surface area contributed by atoms with E-state index < -0.39 is 23.3 Å². The highest BCUT2D eigenvalue weighted by atomic mass is 19.2. The molecular formula is C31H38F4O. The molecule has 1 saturated heterocycles. The standard InChI is InChI=1S/C31H38F4O/c1-3-5-20-7-11-22(12-8-20)25-17-18-27(31(35)29(25)33)26-16-14-23(28(32)30(26)34)13-9-21-10-15-24(6-4-2)36-19-21/h3,5,14,16-18,20-22,24H,4,6-13,15,19H2,1-2H3/b5-3+. The summed E-state index contributed by atoms with van der Waals surface area (Å²) >= 11 is 0. The number of benzene rings is 2. The summed E-state index contributed by atoms with van der Waals surface area (Å²) < 4.78 is 66.0. The summed E-state index contributed by atoms with van der Waals surface area (Å²) in [5, 5.41) is 0. The van der Waals surface area contributed by atoms with Gasteiger partial charge in [-0.25, -0.2) is 17.6 Å². The van der Waals surface area contributed by atoms with Crippen molar-refractivity contribution in [3.05, 3.63) is 70.8 Å². The molecule has 0 bridgehead atoms. The third-order valence-corrected chi connectivity index (χ3v) is 8.14. The number of aryl methyl sites for hydroxylation is 1. The molecule has 4 rings (SSSR count). The lowest BCUT2D eigenvalue weighted by Crippen LogP contribution is -2.26. The Bertz CT molecular complexity index is 1050. The van der Waals surface area contributed by atoms with E-state index in [-0.39, 0.29) is 22.6 Å². The molecule has 0 aromatic heterocycles. The summed E-state index contributed by atoms with van der Waals surface area (Å²) in [4.78, 5) is 0. The first kappa shape index (κ1) is 26.9. The summed E-state index contributed by atoms with van der Waals surface area (Å²) in [6, 6.07) is 5.83. The van der Waals surface area contributed by atoms with Gasteiger partial charge in [-0.15, -0.1) is 0 Å². The summed E-state index contributed by atoms with van der Waals surface area (Å²) in [6.07, 6.45) is 13.3. The van der Waals surface area contributed by atoms with Crippen LogP contribution < -0.4 is 0 Å². The summed E-state index contributed by atoms with van der Waals surface area (Å²) in [5.74, 6) is -3.38. The van der Waals surface area contributed by atoms with Crippen molar-refractivity contribution in [2.45, 2.75) is 90.1 Å². The Morgan fingerprint density at radius 2 is 1.50 bits per heavy atom. The molecule has 2 atom stereocenters. The van der Waals surface area contributed by atoms with Gasteiger partial charge in [0.15, 0.2) is 23.3 Å². The molecule has 36 heavy (non-hydrogen) atoms. The second-order valence-electron chi connectivity index (χ2n) is 10.6. The molecular weight excluding hydrogens is 464 g/mol. The minimum Gasteiger partial charge on any atom is -0.378 e. The van der Waals surface area contributed by atoms with E-state index in [9.17, 15) is 4.39 Å². The van der Waals surface area contributed by atoms with Crippen molar-refractivity contribution < 1.29 is 22.3 Å². The highest BCUT2D eigenvalue weighted by Gasteiger charge is 2.27. The van der Waals surface area contributed by atoms with Crippen LogP contribution in [0.3, 0.4) is 0 Å². The van der Waals surface area contributed by atoms with Crippen molar-refractivity contribution in [2.75, 3.05) is 6.61 Å². The second kappa shape index (κ2) is 12.4. The molecule has 1 heterocycles. The molecule has 2 aromatic rings. The van der Waals surface area contributed by atoms with Gasteiger partial charge in [0.25, 0.3) is 0 Å². The number of hydrogen-bond acceptors (Lipinski definition) is 1. The van der Waals surface area contributed by atoms with Gasteiger partial charge in [0.05, 0.1) is 6.10 Å². The zero-order valence-corrected chi connectivity index (χ0v) is 21.5. The highest BCUT2D eigenvalue weighted by Crippen LogP contribution is 2.40. The molecule has 2 aliphatic rings. The quantitative estimate of drug-likeness (QED) is 0.258. The van der Waals surface area contributed by atoms with E-state index in [0.29, 0.717) is 43.0 Å². The van der Waals surface area contributed by atoms with Gasteiger partial charge in [0, 0.05) is 17.7 Å². The molecule has 0 N–H and O–H groups in total. The van der Waals surface area contributed by atoms with E-state index in [4.69, 9.17) is 4.74 Å². The monoisotopic (exact) mass is 502 g/mol. The maximum absolute atomic E-state index is 15.1. The minimum absolute atomic E-state index is 0.0555. The van der Waals surface area contributed by atoms with E-state index in [2.05, 4.69) is 13.0 Å². The Morgan fingerprint density at radius 3 is 2.14 bits per heavy atom. The summed E-state index contributed by atoms with van der Waals surface area (Å²) in [7, 11) is 0. The van der Waals surface area contributed by atoms with Crippen LogP contribution in [-0.2, 0) is 11.2 Å². The lowest BCUT2D eigenvalue weighted by atomic mass is 9.78. The Morgan fingerprint density at radius 1 is 0.806 bits per heavy atom. The first-order chi connectivity index (χ1) is 17.4. The van der Waals surface area contributed by atoms with Crippen LogP contribution in [-0.4, -0.2) is 12.7 Å². The Labute approximate surface area is 212 Å². The number of hydrogen-bond donors (Lipinski definition) is 0. The van der Waals surface area contributed by atoms with Crippen LogP contribution in [0.4, 0.5) is 17.6 Å². The average Bonchev–Trinajstić information content (AvgIpc) is 2.89. The lowest BCUT2D eigenvalue weighted by molar-refractivity contribution is -0.0218. The number of rotatable bonds is 8. The van der Waals surface area contributed by atoms with Gasteiger partial charge in [0.1, 0.15) is 0 Å². The minimum atomic E-state index is -1.12. The Kier molecular flexibility index (Phi) is 9.27. The largest absolute Gasteiger partial charge is 0.378 e. The molecule has 1 aliphatic heterocycles. The van der Waals surface area contributed by atoms with Crippen LogP contribution >= 0.6 is 0 Å². The van der Waals surface area contributed by atoms with Gasteiger partial charge in [-0.3, -0.25) is 0 Å². The normalized spacial score (nSPS) is 24.9. The van der Waals surface area contributed by atoms with E-state index in [1.54, 1.807) is 6.07 Å². The van der Waals surface area contributed by atoms with Gasteiger partial charge in [-0.2, -0.15) is 0 Å². The first-order valence-corrected chi connectivity index (χ1v) is 13.6. The van der Waals surface area contributed by atoms with Crippen molar-refractivity contribution in [3.8, 4) is 11.1 Å². The maximum atomic E-state index is 15.1. The molecule has 5 heteroatoms. The molecule has 0 amide bonds. The third-order valence-electron chi connectivity index (χ3n) is 8.14. The molecule has 2 unspecified atom stereocenters. The van der Waals surface area contributed by atoms with E-state index >= 15 is 13.2 Å². The van der Waals surface area contributed by atoms with Gasteiger partial charge >= 0.3 is 0 Å². The third kappa shape index (κ3) is 6.04. The lowest BCUT2D eigenvalue weighted by Gasteiger charge is -2.29. The number of allylic oxidation sites excluding steroid dienone is 2. The van der Waals surface area contributed by atoms with Crippen LogP contribution in [0.15, 0.2) is 36.4 Å². The molecule has 1 nitrogen and oxygen atoms in total. The van der Waals surface area contributed by atoms with Crippen molar-refractivity contribution in [1.82, 2.24) is 0 Å². The molecule has 0 spiro atoms. The predicted octanol–water partition coefficient (Wildman–Crippen LogP) is 9.29. The Balaban J connectivity index is 1.44. The Hall–Kier alpha value is -2.14. The smallest absolute Gasteiger partial charge is 0.167 e. The molecule has 0 radical (unpaired) electrons. The highest BCUT2D eigenvalue weighted by molar-refractivity contribution is 5.66. The number of ether oxygens (including phenoxy) is 1. The molecule has 1 saturated carbocycles. The van der Waals surface area contributed by atoms with Crippen molar-refractivity contribution in [2.24, 2.45) is 11.8 Å². The van der Waals surface area contributed by atoms with E-state index in [1.165, 1.54) is 18.2 Å². The SMILES string of the molecule is C/C=C/C1CCC(c2ccc(-c3ccc(CCC4CCC(CCC)OC4)c(F)c3F)c(F)c2F)CC1. The fourth-order valence-electron chi connectivity index (χ4n) is 5.97.